The zero-order valence-corrected chi connectivity index (χ0v) is 12.5. The van der Waals surface area contributed by atoms with E-state index in [1.54, 1.807) is 7.05 Å². The van der Waals surface area contributed by atoms with E-state index in [1.165, 1.54) is 23.1 Å². The number of nitrogens with zero attached hydrogens (tertiary/aromatic N) is 1. The number of amides is 1. The van der Waals surface area contributed by atoms with Crippen LogP contribution >= 0.6 is 11.6 Å². The standard InChI is InChI=1S/C13H15ClFNO3S/c1-16(9-5-6-20(18,19)8-9)13(17)7-10-11(14)3-2-4-12(10)15/h2-4,9H,5-8H2,1H3/t9-/m1/s1. The Morgan fingerprint density at radius 3 is 2.75 bits per heavy atom. The van der Waals surface area contributed by atoms with Crippen molar-refractivity contribution in [2.24, 2.45) is 0 Å². The van der Waals surface area contributed by atoms with E-state index in [4.69, 9.17) is 11.6 Å². The van der Waals surface area contributed by atoms with Gasteiger partial charge in [0.05, 0.1) is 17.9 Å². The zero-order chi connectivity index (χ0) is 14.9. The first-order valence-corrected chi connectivity index (χ1v) is 8.39. The van der Waals surface area contributed by atoms with Crippen molar-refractivity contribution >= 4 is 27.3 Å². The average Bonchev–Trinajstić information content (AvgIpc) is 2.73. The van der Waals surface area contributed by atoms with Gasteiger partial charge in [0.15, 0.2) is 9.84 Å². The highest BCUT2D eigenvalue weighted by atomic mass is 35.5. The zero-order valence-electron chi connectivity index (χ0n) is 11.0. The van der Waals surface area contributed by atoms with Gasteiger partial charge in [-0.25, -0.2) is 12.8 Å². The lowest BCUT2D eigenvalue weighted by atomic mass is 10.1. The van der Waals surface area contributed by atoms with Crippen LogP contribution < -0.4 is 0 Å². The SMILES string of the molecule is CN(C(=O)Cc1c(F)cccc1Cl)[C@@H]1CCS(=O)(=O)C1. The molecule has 0 radical (unpaired) electrons. The lowest BCUT2D eigenvalue weighted by molar-refractivity contribution is -0.130. The number of rotatable bonds is 3. The number of sulfone groups is 1. The van der Waals surface area contributed by atoms with E-state index in [9.17, 15) is 17.6 Å². The van der Waals surface area contributed by atoms with Crippen molar-refractivity contribution < 1.29 is 17.6 Å². The third-order valence-corrected chi connectivity index (χ3v) is 5.64. The van der Waals surface area contributed by atoms with Crippen LogP contribution in [0.25, 0.3) is 0 Å². The van der Waals surface area contributed by atoms with E-state index >= 15 is 0 Å². The van der Waals surface area contributed by atoms with Gasteiger partial charge in [0, 0.05) is 23.7 Å². The molecule has 0 saturated carbocycles. The van der Waals surface area contributed by atoms with E-state index in [0.717, 1.165) is 0 Å². The first kappa shape index (κ1) is 15.3. The van der Waals surface area contributed by atoms with Gasteiger partial charge in [-0.15, -0.1) is 0 Å². The van der Waals surface area contributed by atoms with Crippen molar-refractivity contribution in [3.05, 3.63) is 34.6 Å². The first-order chi connectivity index (χ1) is 9.30. The normalized spacial score (nSPS) is 20.9. The topological polar surface area (TPSA) is 54.5 Å². The third-order valence-electron chi connectivity index (χ3n) is 3.54. The van der Waals surface area contributed by atoms with Gasteiger partial charge in [0.25, 0.3) is 0 Å². The van der Waals surface area contributed by atoms with Crippen LogP contribution in [0.2, 0.25) is 5.02 Å². The monoisotopic (exact) mass is 319 g/mol. The Balaban J connectivity index is 2.09. The maximum atomic E-state index is 13.6. The van der Waals surface area contributed by atoms with Gasteiger partial charge in [-0.1, -0.05) is 17.7 Å². The Bertz CT molecular complexity index is 612. The molecule has 1 amide bonds. The molecule has 0 spiro atoms. The maximum absolute atomic E-state index is 13.6. The summed E-state index contributed by atoms with van der Waals surface area (Å²) >= 11 is 5.88. The summed E-state index contributed by atoms with van der Waals surface area (Å²) in [7, 11) is -1.51. The van der Waals surface area contributed by atoms with Gasteiger partial charge >= 0.3 is 0 Å². The molecule has 4 nitrogen and oxygen atoms in total. The number of hydrogen-bond donors (Lipinski definition) is 0. The molecule has 110 valence electrons. The molecule has 2 rings (SSSR count). The van der Waals surface area contributed by atoms with Crippen LogP contribution in [0.3, 0.4) is 0 Å². The fourth-order valence-electron chi connectivity index (χ4n) is 2.26. The second kappa shape index (κ2) is 5.69. The largest absolute Gasteiger partial charge is 0.341 e. The molecule has 1 heterocycles. The number of carbonyl (C=O) groups excluding carboxylic acids is 1. The molecule has 1 aliphatic heterocycles. The molecule has 1 aliphatic rings. The summed E-state index contributed by atoms with van der Waals surface area (Å²) < 4.78 is 36.5. The van der Waals surface area contributed by atoms with E-state index in [2.05, 4.69) is 0 Å². The highest BCUT2D eigenvalue weighted by molar-refractivity contribution is 7.91. The van der Waals surface area contributed by atoms with Crippen molar-refractivity contribution in [1.82, 2.24) is 4.90 Å². The van der Waals surface area contributed by atoms with Crippen molar-refractivity contribution in [2.75, 3.05) is 18.6 Å². The minimum absolute atomic E-state index is 0.0275. The summed E-state index contributed by atoms with van der Waals surface area (Å²) in [5.41, 5.74) is 0.145. The number of carbonyl (C=O) groups is 1. The predicted octanol–water partition coefficient (Wildman–Crippen LogP) is 1.67. The van der Waals surface area contributed by atoms with Gasteiger partial charge in [0.1, 0.15) is 5.82 Å². The van der Waals surface area contributed by atoms with Crippen molar-refractivity contribution in [3.8, 4) is 0 Å². The summed E-state index contributed by atoms with van der Waals surface area (Å²) in [5.74, 6) is -0.798. The molecule has 1 aromatic carbocycles. The van der Waals surface area contributed by atoms with E-state index in [-0.39, 0.29) is 40.5 Å². The molecule has 0 unspecified atom stereocenters. The third kappa shape index (κ3) is 3.30. The van der Waals surface area contributed by atoms with Crippen LogP contribution in [-0.2, 0) is 21.1 Å². The van der Waals surface area contributed by atoms with Crippen LogP contribution in [0.5, 0.6) is 0 Å². The van der Waals surface area contributed by atoms with Crippen LogP contribution in [0.4, 0.5) is 4.39 Å². The van der Waals surface area contributed by atoms with Crippen molar-refractivity contribution in [2.45, 2.75) is 18.9 Å². The molecule has 0 N–H and O–H groups in total. The summed E-state index contributed by atoms with van der Waals surface area (Å²) in [6, 6.07) is 3.90. The number of likely N-dealkylation sites (N-methyl/N-ethyl adjacent to an activating group) is 1. The van der Waals surface area contributed by atoms with E-state index < -0.39 is 15.7 Å². The minimum Gasteiger partial charge on any atom is -0.341 e. The summed E-state index contributed by atoms with van der Waals surface area (Å²) in [4.78, 5) is 13.5. The number of halogens is 2. The van der Waals surface area contributed by atoms with E-state index in [0.29, 0.717) is 6.42 Å². The van der Waals surface area contributed by atoms with Crippen LogP contribution in [0.1, 0.15) is 12.0 Å². The van der Waals surface area contributed by atoms with Crippen molar-refractivity contribution in [1.29, 1.82) is 0 Å². The highest BCUT2D eigenvalue weighted by Crippen LogP contribution is 2.22. The fraction of sp³-hybridized carbons (Fsp3) is 0.462. The Morgan fingerprint density at radius 2 is 2.20 bits per heavy atom. The van der Waals surface area contributed by atoms with E-state index in [1.807, 2.05) is 0 Å². The average molecular weight is 320 g/mol. The molecule has 7 heteroatoms. The molecule has 0 bridgehead atoms. The number of benzene rings is 1. The fourth-order valence-corrected chi connectivity index (χ4v) is 4.27. The lowest BCUT2D eigenvalue weighted by Gasteiger charge is -2.23. The van der Waals surface area contributed by atoms with Crippen LogP contribution in [0.15, 0.2) is 18.2 Å². The Morgan fingerprint density at radius 1 is 1.50 bits per heavy atom. The lowest BCUT2D eigenvalue weighted by Crippen LogP contribution is -2.38. The molecular formula is C13H15ClFNO3S. The summed E-state index contributed by atoms with van der Waals surface area (Å²) in [6.45, 7) is 0. The molecule has 1 saturated heterocycles. The Labute approximate surface area is 122 Å². The molecule has 20 heavy (non-hydrogen) atoms. The smallest absolute Gasteiger partial charge is 0.227 e. The highest BCUT2D eigenvalue weighted by Gasteiger charge is 2.32. The van der Waals surface area contributed by atoms with Gasteiger partial charge in [-0.05, 0) is 18.6 Å². The minimum atomic E-state index is -3.06. The first-order valence-electron chi connectivity index (χ1n) is 6.19. The van der Waals surface area contributed by atoms with Gasteiger partial charge in [-0.3, -0.25) is 4.79 Å². The molecule has 1 fully saturated rings. The second-order valence-electron chi connectivity index (χ2n) is 4.94. The number of hydrogen-bond acceptors (Lipinski definition) is 3. The summed E-state index contributed by atoms with van der Waals surface area (Å²) in [6.07, 6.45) is 0.258. The predicted molar refractivity (Wildman–Crippen MR) is 74.9 cm³/mol. The molecular weight excluding hydrogens is 305 g/mol. The Kier molecular flexibility index (Phi) is 4.34. The van der Waals surface area contributed by atoms with Gasteiger partial charge < -0.3 is 4.90 Å². The van der Waals surface area contributed by atoms with Crippen LogP contribution in [-0.4, -0.2) is 43.8 Å². The Hall–Kier alpha value is -1.14. The molecule has 1 atom stereocenters. The maximum Gasteiger partial charge on any atom is 0.227 e. The van der Waals surface area contributed by atoms with Gasteiger partial charge in [0.2, 0.25) is 5.91 Å². The van der Waals surface area contributed by atoms with Crippen molar-refractivity contribution in [3.63, 3.8) is 0 Å². The van der Waals surface area contributed by atoms with Gasteiger partial charge in [-0.2, -0.15) is 0 Å². The van der Waals surface area contributed by atoms with Crippen LogP contribution in [0, 0.1) is 5.82 Å². The summed E-state index contributed by atoms with van der Waals surface area (Å²) in [5, 5.41) is 0.200. The molecule has 0 aromatic heterocycles. The quantitative estimate of drug-likeness (QED) is 0.851. The second-order valence-corrected chi connectivity index (χ2v) is 7.57. The molecule has 0 aliphatic carbocycles. The molecule has 1 aromatic rings.